The van der Waals surface area contributed by atoms with Gasteiger partial charge in [0, 0.05) is 32.3 Å². The summed E-state index contributed by atoms with van der Waals surface area (Å²) < 4.78 is 11.3. The standard InChI is InChI=1S/C20H24N4O2/c1-3-23-11-13-24(14-12-23)20-18(15-21)22-19(26-20)10-7-16-5-8-17(9-6-16)25-4-2/h5-10H,3-4,11-14H2,1-2H3. The number of ether oxygens (including phenoxy) is 1. The number of oxazole rings is 1. The molecule has 136 valence electrons. The van der Waals surface area contributed by atoms with Crippen molar-refractivity contribution in [2.24, 2.45) is 0 Å². The van der Waals surface area contributed by atoms with Crippen LogP contribution in [0.2, 0.25) is 0 Å². The normalized spacial score (nSPS) is 15.3. The van der Waals surface area contributed by atoms with Crippen LogP contribution in [0.4, 0.5) is 5.88 Å². The van der Waals surface area contributed by atoms with Gasteiger partial charge in [0.1, 0.15) is 11.8 Å². The fourth-order valence-electron chi connectivity index (χ4n) is 2.96. The van der Waals surface area contributed by atoms with E-state index in [-0.39, 0.29) is 0 Å². The first-order chi connectivity index (χ1) is 12.7. The highest BCUT2D eigenvalue weighted by molar-refractivity contribution is 5.67. The topological polar surface area (TPSA) is 65.5 Å². The van der Waals surface area contributed by atoms with E-state index in [1.807, 2.05) is 37.3 Å². The highest BCUT2D eigenvalue weighted by Gasteiger charge is 2.22. The average Bonchev–Trinajstić information content (AvgIpc) is 3.11. The molecule has 1 aliphatic rings. The van der Waals surface area contributed by atoms with Crippen molar-refractivity contribution in [2.75, 3.05) is 44.2 Å². The van der Waals surface area contributed by atoms with Crippen LogP contribution >= 0.6 is 0 Å². The van der Waals surface area contributed by atoms with Gasteiger partial charge in [-0.2, -0.15) is 10.2 Å². The number of rotatable bonds is 6. The minimum atomic E-state index is 0.348. The van der Waals surface area contributed by atoms with Gasteiger partial charge in [0.2, 0.25) is 17.5 Å². The number of hydrogen-bond acceptors (Lipinski definition) is 6. The summed E-state index contributed by atoms with van der Waals surface area (Å²) in [5, 5.41) is 9.38. The largest absolute Gasteiger partial charge is 0.494 e. The monoisotopic (exact) mass is 352 g/mol. The van der Waals surface area contributed by atoms with Gasteiger partial charge in [-0.25, -0.2) is 0 Å². The molecule has 0 spiro atoms. The Balaban J connectivity index is 1.71. The molecule has 2 heterocycles. The van der Waals surface area contributed by atoms with Gasteiger partial charge in [0.05, 0.1) is 6.61 Å². The number of anilines is 1. The number of benzene rings is 1. The molecule has 2 aromatic rings. The van der Waals surface area contributed by atoms with Crippen LogP contribution in [0.25, 0.3) is 12.2 Å². The van der Waals surface area contributed by atoms with Gasteiger partial charge >= 0.3 is 0 Å². The Bertz CT molecular complexity index is 781. The molecular formula is C20H24N4O2. The van der Waals surface area contributed by atoms with Crippen molar-refractivity contribution in [3.05, 3.63) is 41.4 Å². The molecule has 0 aliphatic carbocycles. The fraction of sp³-hybridized carbons (Fsp3) is 0.400. The average molecular weight is 352 g/mol. The molecule has 0 amide bonds. The minimum absolute atomic E-state index is 0.348. The second-order valence-electron chi connectivity index (χ2n) is 6.07. The van der Waals surface area contributed by atoms with Crippen molar-refractivity contribution in [3.8, 4) is 11.8 Å². The van der Waals surface area contributed by atoms with E-state index in [1.54, 1.807) is 6.08 Å². The molecule has 6 heteroatoms. The third kappa shape index (κ3) is 4.24. The molecule has 1 aliphatic heterocycles. The van der Waals surface area contributed by atoms with Crippen LogP contribution in [0.3, 0.4) is 0 Å². The number of hydrogen-bond donors (Lipinski definition) is 0. The lowest BCUT2D eigenvalue weighted by atomic mass is 10.2. The lowest BCUT2D eigenvalue weighted by molar-refractivity contribution is 0.266. The van der Waals surface area contributed by atoms with Crippen LogP contribution < -0.4 is 9.64 Å². The highest BCUT2D eigenvalue weighted by atomic mass is 16.5. The zero-order chi connectivity index (χ0) is 18.4. The quantitative estimate of drug-likeness (QED) is 0.795. The molecular weight excluding hydrogens is 328 g/mol. The van der Waals surface area contributed by atoms with E-state index in [4.69, 9.17) is 9.15 Å². The first-order valence-corrected chi connectivity index (χ1v) is 9.02. The second kappa shape index (κ2) is 8.54. The van der Waals surface area contributed by atoms with E-state index in [0.717, 1.165) is 44.0 Å². The Morgan fingerprint density at radius 2 is 1.88 bits per heavy atom. The zero-order valence-corrected chi connectivity index (χ0v) is 15.3. The molecule has 0 saturated carbocycles. The Kier molecular flexibility index (Phi) is 5.92. The molecule has 26 heavy (non-hydrogen) atoms. The SMILES string of the molecule is CCOc1ccc(C=Cc2nc(C#N)c(N3CCN(CC)CC3)o2)cc1. The third-order valence-corrected chi connectivity index (χ3v) is 4.45. The van der Waals surface area contributed by atoms with Gasteiger partial charge in [0.25, 0.3) is 0 Å². The lowest BCUT2D eigenvalue weighted by Gasteiger charge is -2.33. The number of aromatic nitrogens is 1. The van der Waals surface area contributed by atoms with E-state index in [0.29, 0.717) is 24.1 Å². The lowest BCUT2D eigenvalue weighted by Crippen LogP contribution is -2.46. The van der Waals surface area contributed by atoms with Gasteiger partial charge in [-0.3, -0.25) is 0 Å². The van der Waals surface area contributed by atoms with E-state index in [1.165, 1.54) is 0 Å². The van der Waals surface area contributed by atoms with Gasteiger partial charge in [-0.15, -0.1) is 0 Å². The van der Waals surface area contributed by atoms with Crippen LogP contribution in [-0.4, -0.2) is 49.2 Å². The van der Waals surface area contributed by atoms with Crippen LogP contribution in [0.15, 0.2) is 28.7 Å². The molecule has 0 atom stereocenters. The maximum atomic E-state index is 9.38. The second-order valence-corrected chi connectivity index (χ2v) is 6.07. The number of likely N-dealkylation sites (N-methyl/N-ethyl adjacent to an activating group) is 1. The summed E-state index contributed by atoms with van der Waals surface area (Å²) >= 11 is 0. The molecule has 0 N–H and O–H groups in total. The summed E-state index contributed by atoms with van der Waals surface area (Å²) in [6.45, 7) is 9.46. The fourth-order valence-corrected chi connectivity index (χ4v) is 2.96. The molecule has 0 unspecified atom stereocenters. The Labute approximate surface area is 154 Å². The first-order valence-electron chi connectivity index (χ1n) is 9.02. The van der Waals surface area contributed by atoms with Crippen molar-refractivity contribution in [2.45, 2.75) is 13.8 Å². The van der Waals surface area contributed by atoms with Crippen molar-refractivity contribution in [1.29, 1.82) is 5.26 Å². The zero-order valence-electron chi connectivity index (χ0n) is 15.3. The Morgan fingerprint density at radius 1 is 1.15 bits per heavy atom. The maximum Gasteiger partial charge on any atom is 0.235 e. The van der Waals surface area contributed by atoms with Crippen molar-refractivity contribution < 1.29 is 9.15 Å². The van der Waals surface area contributed by atoms with E-state index >= 15 is 0 Å². The van der Waals surface area contributed by atoms with Crippen molar-refractivity contribution >= 4 is 18.0 Å². The summed E-state index contributed by atoms with van der Waals surface area (Å²) in [5.41, 5.74) is 1.37. The summed E-state index contributed by atoms with van der Waals surface area (Å²) in [4.78, 5) is 8.79. The van der Waals surface area contributed by atoms with E-state index < -0.39 is 0 Å². The van der Waals surface area contributed by atoms with Crippen LogP contribution in [0, 0.1) is 11.3 Å². The maximum absolute atomic E-state index is 9.38. The molecule has 0 bridgehead atoms. The number of nitrogens with zero attached hydrogens (tertiary/aromatic N) is 4. The van der Waals surface area contributed by atoms with Gasteiger partial charge in [0.15, 0.2) is 0 Å². The molecule has 1 aromatic carbocycles. The minimum Gasteiger partial charge on any atom is -0.494 e. The predicted octanol–water partition coefficient (Wildman–Crippen LogP) is 3.26. The Morgan fingerprint density at radius 3 is 2.50 bits per heavy atom. The molecule has 0 radical (unpaired) electrons. The van der Waals surface area contributed by atoms with Crippen molar-refractivity contribution in [1.82, 2.24) is 9.88 Å². The molecule has 1 aromatic heterocycles. The van der Waals surface area contributed by atoms with Gasteiger partial charge < -0.3 is 19.0 Å². The number of piperazine rings is 1. The summed E-state index contributed by atoms with van der Waals surface area (Å²) in [5.74, 6) is 1.87. The highest BCUT2D eigenvalue weighted by Crippen LogP contribution is 2.24. The molecule has 3 rings (SSSR count). The number of nitriles is 1. The van der Waals surface area contributed by atoms with E-state index in [2.05, 4.69) is 27.8 Å². The molecule has 6 nitrogen and oxygen atoms in total. The molecule has 1 fully saturated rings. The third-order valence-electron chi connectivity index (χ3n) is 4.45. The molecule has 1 saturated heterocycles. The van der Waals surface area contributed by atoms with E-state index in [9.17, 15) is 5.26 Å². The first kappa shape index (κ1) is 18.0. The Hall–Kier alpha value is -2.78. The van der Waals surface area contributed by atoms with Crippen LogP contribution in [0.1, 0.15) is 31.0 Å². The predicted molar refractivity (Wildman–Crippen MR) is 102 cm³/mol. The smallest absolute Gasteiger partial charge is 0.235 e. The van der Waals surface area contributed by atoms with Crippen molar-refractivity contribution in [3.63, 3.8) is 0 Å². The van der Waals surface area contributed by atoms with Gasteiger partial charge in [-0.1, -0.05) is 19.1 Å². The van der Waals surface area contributed by atoms with Crippen LogP contribution in [0.5, 0.6) is 5.75 Å². The summed E-state index contributed by atoms with van der Waals surface area (Å²) in [6, 6.07) is 9.95. The van der Waals surface area contributed by atoms with Gasteiger partial charge in [-0.05, 0) is 37.2 Å². The van der Waals surface area contributed by atoms with Crippen LogP contribution in [-0.2, 0) is 0 Å². The summed E-state index contributed by atoms with van der Waals surface area (Å²) in [6.07, 6.45) is 3.71. The summed E-state index contributed by atoms with van der Waals surface area (Å²) in [7, 11) is 0.